The van der Waals surface area contributed by atoms with Crippen molar-refractivity contribution in [3.63, 3.8) is 0 Å². The predicted octanol–water partition coefficient (Wildman–Crippen LogP) is 5.48. The van der Waals surface area contributed by atoms with E-state index in [2.05, 4.69) is 21.2 Å². The maximum atomic E-state index is 14.3. The molecule has 0 saturated heterocycles. The molecule has 0 radical (unpaired) electrons. The van der Waals surface area contributed by atoms with E-state index in [0.29, 0.717) is 6.07 Å². The summed E-state index contributed by atoms with van der Waals surface area (Å²) in [5.74, 6) is -0.930. The summed E-state index contributed by atoms with van der Waals surface area (Å²) in [5, 5.41) is 24.0. The minimum Gasteiger partial charge on any atom is -0.346 e. The molecule has 12 heteroatoms. The fourth-order valence-electron chi connectivity index (χ4n) is 2.11. The Morgan fingerprint density at radius 1 is 1.08 bits per heavy atom. The largest absolute Gasteiger partial charge is 0.418 e. The molecule has 0 saturated carbocycles. The molecule has 7 nitrogen and oxygen atoms in total. The van der Waals surface area contributed by atoms with E-state index in [4.69, 9.17) is 0 Å². The Morgan fingerprint density at radius 3 is 2.19 bits per heavy atom. The van der Waals surface area contributed by atoms with Crippen molar-refractivity contribution in [2.24, 2.45) is 0 Å². The second-order valence-electron chi connectivity index (χ2n) is 5.08. The number of aryl methyl sites for hydroxylation is 1. The third-order valence-corrected chi connectivity index (χ3v) is 4.01. The van der Waals surface area contributed by atoms with Gasteiger partial charge in [0, 0.05) is 10.5 Å². The normalized spacial score (nSPS) is 11.3. The van der Waals surface area contributed by atoms with Crippen molar-refractivity contribution in [1.29, 1.82) is 0 Å². The quantitative estimate of drug-likeness (QED) is 0.388. The molecular formula is C14H8BrF4N3O4. The second-order valence-corrected chi connectivity index (χ2v) is 5.93. The van der Waals surface area contributed by atoms with Crippen molar-refractivity contribution < 1.29 is 27.4 Å². The third-order valence-electron chi connectivity index (χ3n) is 3.35. The zero-order valence-corrected chi connectivity index (χ0v) is 14.3. The molecule has 0 aliphatic rings. The van der Waals surface area contributed by atoms with E-state index in [0.717, 1.165) is 0 Å². The van der Waals surface area contributed by atoms with Crippen molar-refractivity contribution in [2.75, 3.05) is 5.32 Å². The highest BCUT2D eigenvalue weighted by Gasteiger charge is 2.40. The Balaban J connectivity index is 2.81. The highest BCUT2D eigenvalue weighted by atomic mass is 79.9. The summed E-state index contributed by atoms with van der Waals surface area (Å²) >= 11 is 2.95. The summed E-state index contributed by atoms with van der Waals surface area (Å²) in [5.41, 5.74) is -5.47. The fourth-order valence-corrected chi connectivity index (χ4v) is 2.52. The maximum Gasteiger partial charge on any atom is 0.418 e. The molecule has 0 fully saturated rings. The van der Waals surface area contributed by atoms with Crippen LogP contribution in [-0.4, -0.2) is 9.85 Å². The first-order valence-electron chi connectivity index (χ1n) is 6.69. The van der Waals surface area contributed by atoms with Crippen LogP contribution in [0.5, 0.6) is 0 Å². The molecule has 2 aromatic carbocycles. The van der Waals surface area contributed by atoms with Crippen LogP contribution in [0.3, 0.4) is 0 Å². The third kappa shape index (κ3) is 3.74. The van der Waals surface area contributed by atoms with Crippen molar-refractivity contribution in [2.45, 2.75) is 13.1 Å². The van der Waals surface area contributed by atoms with Gasteiger partial charge in [-0.1, -0.05) is 6.07 Å². The highest BCUT2D eigenvalue weighted by molar-refractivity contribution is 9.10. The zero-order chi connectivity index (χ0) is 19.8. The molecule has 138 valence electrons. The lowest BCUT2D eigenvalue weighted by atomic mass is 10.1. The molecule has 0 heterocycles. The zero-order valence-electron chi connectivity index (χ0n) is 12.7. The summed E-state index contributed by atoms with van der Waals surface area (Å²) in [6.07, 6.45) is -5.16. The van der Waals surface area contributed by atoms with E-state index in [1.54, 1.807) is 0 Å². The lowest BCUT2D eigenvalue weighted by molar-refractivity contribution is -0.394. The number of nitrogens with one attached hydrogen (secondary N) is 1. The molecule has 0 atom stereocenters. The number of benzene rings is 2. The first kappa shape index (κ1) is 19.6. The number of hydrogen-bond donors (Lipinski definition) is 1. The molecule has 1 N–H and O–H groups in total. The summed E-state index contributed by atoms with van der Waals surface area (Å²) in [7, 11) is 0. The van der Waals surface area contributed by atoms with Crippen LogP contribution in [0, 0.1) is 33.0 Å². The molecule has 0 aliphatic carbocycles. The van der Waals surface area contributed by atoms with Gasteiger partial charge in [-0.05, 0) is 34.5 Å². The van der Waals surface area contributed by atoms with Crippen molar-refractivity contribution >= 4 is 38.7 Å². The number of hydrogen-bond acceptors (Lipinski definition) is 5. The van der Waals surface area contributed by atoms with Gasteiger partial charge < -0.3 is 5.32 Å². The van der Waals surface area contributed by atoms with Gasteiger partial charge >= 0.3 is 6.18 Å². The van der Waals surface area contributed by atoms with E-state index in [9.17, 15) is 37.8 Å². The lowest BCUT2D eigenvalue weighted by Crippen LogP contribution is -2.12. The molecule has 26 heavy (non-hydrogen) atoms. The van der Waals surface area contributed by atoms with Crippen molar-refractivity contribution in [3.8, 4) is 0 Å². The van der Waals surface area contributed by atoms with Crippen LogP contribution in [0.1, 0.15) is 11.1 Å². The maximum absolute atomic E-state index is 14.3. The summed E-state index contributed by atoms with van der Waals surface area (Å²) < 4.78 is 54.3. The monoisotopic (exact) mass is 437 g/mol. The van der Waals surface area contributed by atoms with Gasteiger partial charge in [-0.2, -0.15) is 13.2 Å². The summed E-state index contributed by atoms with van der Waals surface area (Å²) in [6, 6.07) is 3.21. The Hall–Kier alpha value is -2.76. The van der Waals surface area contributed by atoms with Crippen LogP contribution in [0.2, 0.25) is 0 Å². The van der Waals surface area contributed by atoms with Crippen LogP contribution >= 0.6 is 15.9 Å². The average molecular weight is 438 g/mol. The van der Waals surface area contributed by atoms with Gasteiger partial charge in [0.25, 0.3) is 11.4 Å². The van der Waals surface area contributed by atoms with Crippen LogP contribution in [0.4, 0.5) is 40.3 Å². The van der Waals surface area contributed by atoms with Gasteiger partial charge in [0.1, 0.15) is 5.69 Å². The molecular weight excluding hydrogens is 430 g/mol. The number of halogens is 5. The molecule has 0 amide bonds. The smallest absolute Gasteiger partial charge is 0.346 e. The number of nitro groups is 2. The predicted molar refractivity (Wildman–Crippen MR) is 86.9 cm³/mol. The molecule has 2 aromatic rings. The number of rotatable bonds is 4. The van der Waals surface area contributed by atoms with Gasteiger partial charge in [0.15, 0.2) is 5.82 Å². The first-order valence-corrected chi connectivity index (χ1v) is 7.48. The average Bonchev–Trinajstić information content (AvgIpc) is 2.53. The fraction of sp³-hybridized carbons (Fsp3) is 0.143. The minimum atomic E-state index is -5.16. The summed E-state index contributed by atoms with van der Waals surface area (Å²) in [6.45, 7) is 1.35. The number of nitrogens with zero attached hydrogens (tertiary/aromatic N) is 2. The van der Waals surface area contributed by atoms with E-state index >= 15 is 0 Å². The molecule has 0 unspecified atom stereocenters. The Morgan fingerprint density at radius 2 is 1.69 bits per heavy atom. The van der Waals surface area contributed by atoms with Crippen molar-refractivity contribution in [1.82, 2.24) is 0 Å². The first-order chi connectivity index (χ1) is 11.9. The topological polar surface area (TPSA) is 98.3 Å². The van der Waals surface area contributed by atoms with Crippen LogP contribution < -0.4 is 5.32 Å². The SMILES string of the molecule is Cc1ccc(Br)c(Nc2c([N+](=O)[O-])cc([N+](=O)[O-])cc2C(F)(F)F)c1F. The van der Waals surface area contributed by atoms with E-state index < -0.39 is 50.2 Å². The molecule has 2 rings (SSSR count). The highest BCUT2D eigenvalue weighted by Crippen LogP contribution is 2.45. The summed E-state index contributed by atoms with van der Waals surface area (Å²) in [4.78, 5) is 19.6. The Kier molecular flexibility index (Phi) is 5.16. The number of non-ortho nitro benzene ring substituents is 1. The minimum absolute atomic E-state index is 0.0152. The Bertz CT molecular complexity index is 918. The van der Waals surface area contributed by atoms with Gasteiger partial charge in [0.05, 0.1) is 27.2 Å². The van der Waals surface area contributed by atoms with Crippen LogP contribution in [0.25, 0.3) is 0 Å². The van der Waals surface area contributed by atoms with Gasteiger partial charge in [-0.15, -0.1) is 0 Å². The molecule has 0 bridgehead atoms. The lowest BCUT2D eigenvalue weighted by Gasteiger charge is -2.16. The van der Waals surface area contributed by atoms with Gasteiger partial charge in [0.2, 0.25) is 0 Å². The van der Waals surface area contributed by atoms with Gasteiger partial charge in [-0.3, -0.25) is 20.2 Å². The van der Waals surface area contributed by atoms with Crippen molar-refractivity contribution in [3.05, 3.63) is 65.9 Å². The van der Waals surface area contributed by atoms with E-state index in [1.807, 2.05) is 0 Å². The standard InChI is InChI=1S/C14H8BrF4N3O4/c1-6-2-3-9(15)13(11(6)16)20-12-8(14(17,18)19)4-7(21(23)24)5-10(12)22(25)26/h2-5,20H,1H3. The van der Waals surface area contributed by atoms with E-state index in [1.165, 1.54) is 19.1 Å². The number of anilines is 2. The van der Waals surface area contributed by atoms with Crippen LogP contribution in [-0.2, 0) is 6.18 Å². The second kappa shape index (κ2) is 6.86. The molecule has 0 spiro atoms. The van der Waals surface area contributed by atoms with E-state index in [-0.39, 0.29) is 16.1 Å². The number of alkyl halides is 3. The number of nitro benzene ring substituents is 2. The molecule has 0 aliphatic heterocycles. The van der Waals surface area contributed by atoms with Gasteiger partial charge in [-0.25, -0.2) is 4.39 Å². The molecule has 0 aromatic heterocycles. The Labute approximate surface area is 151 Å². The van der Waals surface area contributed by atoms with Crippen LogP contribution in [0.15, 0.2) is 28.7 Å².